The minimum atomic E-state index is 0.172. The fourth-order valence-corrected chi connectivity index (χ4v) is 4.72. The van der Waals surface area contributed by atoms with Crippen molar-refractivity contribution >= 4 is 27.7 Å². The van der Waals surface area contributed by atoms with Crippen LogP contribution in [0.2, 0.25) is 0 Å². The molecule has 2 N–H and O–H groups in total. The van der Waals surface area contributed by atoms with E-state index < -0.39 is 0 Å². The van der Waals surface area contributed by atoms with Crippen LogP contribution in [0, 0.1) is 5.41 Å². The number of hydrogen-bond acceptors (Lipinski definition) is 4. The highest BCUT2D eigenvalue weighted by Crippen LogP contribution is 2.40. The molecule has 0 fully saturated rings. The van der Waals surface area contributed by atoms with Gasteiger partial charge in [-0.3, -0.25) is 5.41 Å². The summed E-state index contributed by atoms with van der Waals surface area (Å²) in [7, 11) is 0. The van der Waals surface area contributed by atoms with Crippen molar-refractivity contribution in [2.24, 2.45) is 0 Å². The predicted molar refractivity (Wildman–Crippen MR) is 106 cm³/mol. The van der Waals surface area contributed by atoms with Gasteiger partial charge in [0.05, 0.1) is 16.6 Å². The first-order chi connectivity index (χ1) is 13.3. The first kappa shape index (κ1) is 15.0. The van der Waals surface area contributed by atoms with E-state index in [0.29, 0.717) is 11.4 Å². The molecule has 0 saturated carbocycles. The Bertz CT molecular complexity index is 1230. The van der Waals surface area contributed by atoms with Crippen LogP contribution in [0.3, 0.4) is 0 Å². The summed E-state index contributed by atoms with van der Waals surface area (Å²) >= 11 is 0. The number of aryl methyl sites for hydroxylation is 2. The van der Waals surface area contributed by atoms with Gasteiger partial charge in [-0.05, 0) is 55.5 Å². The van der Waals surface area contributed by atoms with E-state index in [-0.39, 0.29) is 5.55 Å². The van der Waals surface area contributed by atoms with Crippen molar-refractivity contribution in [3.05, 3.63) is 53.1 Å². The molecule has 0 spiro atoms. The first-order valence-electron chi connectivity index (χ1n) is 9.65. The van der Waals surface area contributed by atoms with Crippen molar-refractivity contribution in [2.75, 3.05) is 18.0 Å². The molecule has 5 nitrogen and oxygen atoms in total. The third kappa shape index (κ3) is 2.17. The Hall–Kier alpha value is -3.08. The average Bonchev–Trinajstić information content (AvgIpc) is 3.12. The average molecular weight is 356 g/mol. The molecule has 0 bridgehead atoms. The Labute approximate surface area is 156 Å². The molecule has 6 rings (SSSR count). The van der Waals surface area contributed by atoms with Gasteiger partial charge in [0.15, 0.2) is 0 Å². The van der Waals surface area contributed by atoms with Gasteiger partial charge >= 0.3 is 0 Å². The molecule has 2 aliphatic rings. The quantitative estimate of drug-likeness (QED) is 0.538. The van der Waals surface area contributed by atoms with Gasteiger partial charge in [-0.15, -0.1) is 0 Å². The summed E-state index contributed by atoms with van der Waals surface area (Å²) in [4.78, 5) is 10.5. The van der Waals surface area contributed by atoms with Gasteiger partial charge in [0.1, 0.15) is 11.4 Å². The Morgan fingerprint density at radius 1 is 1.07 bits per heavy atom. The molecule has 0 atom stereocenters. The molecule has 4 aromatic rings. The molecular weight excluding hydrogens is 336 g/mol. The number of benzene rings is 2. The van der Waals surface area contributed by atoms with Crippen molar-refractivity contribution in [1.82, 2.24) is 9.97 Å². The topological polar surface area (TPSA) is 68.9 Å². The molecule has 2 aromatic carbocycles. The standard InChI is InChI=1S/C22H20N4O/c23-21-16(22-24-17-7-1-2-8-18(17)25-22)12-14-11-13-5-3-9-26-10-4-6-15(19(13)26)20(14)27-21/h1-2,7-8,11-12,23H,3-6,9-10H2,(H,24,25). The Balaban J connectivity index is 1.61. The van der Waals surface area contributed by atoms with Crippen LogP contribution in [0.15, 0.2) is 40.8 Å². The van der Waals surface area contributed by atoms with Gasteiger partial charge in [0.25, 0.3) is 0 Å². The number of hydrogen-bond donors (Lipinski definition) is 2. The molecule has 27 heavy (non-hydrogen) atoms. The van der Waals surface area contributed by atoms with Crippen LogP contribution < -0.4 is 10.5 Å². The first-order valence-corrected chi connectivity index (χ1v) is 9.65. The van der Waals surface area contributed by atoms with E-state index in [2.05, 4.69) is 27.0 Å². The van der Waals surface area contributed by atoms with Crippen molar-refractivity contribution < 1.29 is 4.42 Å². The minimum absolute atomic E-state index is 0.172. The van der Waals surface area contributed by atoms with Crippen LogP contribution in [0.5, 0.6) is 0 Å². The van der Waals surface area contributed by atoms with Crippen LogP contribution in [-0.4, -0.2) is 23.1 Å². The number of aromatic amines is 1. The zero-order chi connectivity index (χ0) is 18.0. The second-order valence-electron chi connectivity index (χ2n) is 7.57. The maximum Gasteiger partial charge on any atom is 0.223 e. The number of nitrogens with one attached hydrogen (secondary N) is 2. The summed E-state index contributed by atoms with van der Waals surface area (Å²) in [6.45, 7) is 2.27. The molecule has 5 heteroatoms. The molecule has 0 aliphatic carbocycles. The van der Waals surface area contributed by atoms with E-state index in [1.165, 1.54) is 23.2 Å². The molecule has 0 unspecified atom stereocenters. The van der Waals surface area contributed by atoms with Crippen LogP contribution in [0.4, 0.5) is 5.69 Å². The Morgan fingerprint density at radius 2 is 1.93 bits per heavy atom. The second kappa shape index (κ2) is 5.46. The zero-order valence-corrected chi connectivity index (χ0v) is 15.0. The summed E-state index contributed by atoms with van der Waals surface area (Å²) in [5, 5.41) is 9.59. The molecule has 2 aliphatic heterocycles. The number of aromatic nitrogens is 2. The largest absolute Gasteiger partial charge is 0.438 e. The summed E-state index contributed by atoms with van der Waals surface area (Å²) in [6, 6.07) is 12.3. The molecule has 2 aromatic heterocycles. The molecular formula is C22H20N4O. The van der Waals surface area contributed by atoms with Crippen molar-refractivity contribution in [3.8, 4) is 11.4 Å². The van der Waals surface area contributed by atoms with E-state index in [1.807, 2.05) is 24.3 Å². The molecule has 0 amide bonds. The third-order valence-corrected chi connectivity index (χ3v) is 5.89. The Morgan fingerprint density at radius 3 is 2.81 bits per heavy atom. The molecule has 0 radical (unpaired) electrons. The monoisotopic (exact) mass is 356 g/mol. The van der Waals surface area contributed by atoms with Gasteiger partial charge < -0.3 is 14.3 Å². The maximum atomic E-state index is 8.50. The van der Waals surface area contributed by atoms with Crippen LogP contribution in [0.1, 0.15) is 24.0 Å². The van der Waals surface area contributed by atoms with E-state index in [9.17, 15) is 0 Å². The van der Waals surface area contributed by atoms with Crippen molar-refractivity contribution in [2.45, 2.75) is 25.7 Å². The molecule has 4 heterocycles. The highest BCUT2D eigenvalue weighted by atomic mass is 16.3. The smallest absolute Gasteiger partial charge is 0.223 e. The number of imidazole rings is 1. The number of H-pyrrole nitrogens is 1. The second-order valence-corrected chi connectivity index (χ2v) is 7.57. The Kier molecular flexibility index (Phi) is 3.04. The number of rotatable bonds is 1. The van der Waals surface area contributed by atoms with Gasteiger partial charge in [0.2, 0.25) is 5.55 Å². The lowest BCUT2D eigenvalue weighted by molar-refractivity contribution is 0.527. The van der Waals surface area contributed by atoms with E-state index in [4.69, 9.17) is 9.83 Å². The molecule has 0 saturated heterocycles. The minimum Gasteiger partial charge on any atom is -0.438 e. The van der Waals surface area contributed by atoms with Crippen molar-refractivity contribution in [3.63, 3.8) is 0 Å². The van der Waals surface area contributed by atoms with Crippen LogP contribution in [0.25, 0.3) is 33.4 Å². The highest BCUT2D eigenvalue weighted by Gasteiger charge is 2.27. The van der Waals surface area contributed by atoms with E-state index >= 15 is 0 Å². The van der Waals surface area contributed by atoms with Gasteiger partial charge in [-0.1, -0.05) is 12.1 Å². The zero-order valence-electron chi connectivity index (χ0n) is 15.0. The van der Waals surface area contributed by atoms with Gasteiger partial charge in [0, 0.05) is 29.7 Å². The third-order valence-electron chi connectivity index (χ3n) is 5.89. The number of anilines is 1. The van der Waals surface area contributed by atoms with Crippen LogP contribution >= 0.6 is 0 Å². The summed E-state index contributed by atoms with van der Waals surface area (Å²) in [5.41, 5.74) is 7.74. The van der Waals surface area contributed by atoms with Crippen LogP contribution in [-0.2, 0) is 12.8 Å². The van der Waals surface area contributed by atoms with Crippen molar-refractivity contribution in [1.29, 1.82) is 5.41 Å². The maximum absolute atomic E-state index is 8.50. The normalized spacial score (nSPS) is 16.1. The predicted octanol–water partition coefficient (Wildman–Crippen LogP) is 4.15. The van der Waals surface area contributed by atoms with E-state index in [1.54, 1.807) is 0 Å². The lowest BCUT2D eigenvalue weighted by atomic mass is 9.90. The number of para-hydroxylation sites is 2. The van der Waals surface area contributed by atoms with Gasteiger partial charge in [-0.25, -0.2) is 4.98 Å². The molecule has 134 valence electrons. The highest BCUT2D eigenvalue weighted by molar-refractivity contribution is 5.91. The summed E-state index contributed by atoms with van der Waals surface area (Å²) in [5.74, 6) is 0.694. The fourth-order valence-electron chi connectivity index (χ4n) is 4.72. The number of nitrogens with zero attached hydrogens (tertiary/aromatic N) is 2. The summed E-state index contributed by atoms with van der Waals surface area (Å²) in [6.07, 6.45) is 4.52. The van der Waals surface area contributed by atoms with E-state index in [0.717, 1.165) is 54.4 Å². The fraction of sp³-hybridized carbons (Fsp3) is 0.273. The number of fused-ring (bicyclic) bond motifs is 3. The van der Waals surface area contributed by atoms with Gasteiger partial charge in [-0.2, -0.15) is 0 Å². The summed E-state index contributed by atoms with van der Waals surface area (Å²) < 4.78 is 6.09. The SMILES string of the molecule is N=c1oc2c3c4c(cc2cc1-c1nc2ccccc2[nH]1)CCCN4CCC3. The lowest BCUT2D eigenvalue weighted by Gasteiger charge is -2.37. The lowest BCUT2D eigenvalue weighted by Crippen LogP contribution is -2.34.